The number of anilines is 2. The molecule has 6 nitrogen and oxygen atoms in total. The Labute approximate surface area is 127 Å². The molecule has 0 spiro atoms. The Morgan fingerprint density at radius 2 is 2.10 bits per heavy atom. The maximum atomic E-state index is 5.90. The molecule has 21 heavy (non-hydrogen) atoms. The normalized spacial score (nSPS) is 18.7. The van der Waals surface area contributed by atoms with Gasteiger partial charge in [0.25, 0.3) is 0 Å². The van der Waals surface area contributed by atoms with E-state index in [4.69, 9.17) is 10.5 Å². The van der Waals surface area contributed by atoms with Crippen LogP contribution in [0.5, 0.6) is 0 Å². The van der Waals surface area contributed by atoms with Crippen molar-refractivity contribution in [2.75, 3.05) is 43.4 Å². The lowest BCUT2D eigenvalue weighted by Gasteiger charge is -2.26. The van der Waals surface area contributed by atoms with Gasteiger partial charge in [-0.05, 0) is 26.4 Å². The molecular formula is C15H27N5O. The van der Waals surface area contributed by atoms with Gasteiger partial charge in [-0.15, -0.1) is 0 Å². The highest BCUT2D eigenvalue weighted by Crippen LogP contribution is 2.22. The van der Waals surface area contributed by atoms with E-state index in [1.54, 1.807) is 0 Å². The van der Waals surface area contributed by atoms with Gasteiger partial charge < -0.3 is 15.4 Å². The lowest BCUT2D eigenvalue weighted by Crippen LogP contribution is -2.37. The number of rotatable bonds is 7. The number of nitrogen functional groups attached to an aromatic ring is 1. The van der Waals surface area contributed by atoms with Crippen LogP contribution in [-0.4, -0.2) is 53.7 Å². The van der Waals surface area contributed by atoms with Gasteiger partial charge in [-0.1, -0.05) is 13.8 Å². The van der Waals surface area contributed by atoms with Crippen molar-refractivity contribution in [1.82, 2.24) is 14.9 Å². The van der Waals surface area contributed by atoms with E-state index in [-0.39, 0.29) is 0 Å². The Kier molecular flexibility index (Phi) is 5.76. The van der Waals surface area contributed by atoms with Crippen LogP contribution in [0.25, 0.3) is 0 Å². The zero-order chi connectivity index (χ0) is 15.2. The second-order valence-corrected chi connectivity index (χ2v) is 5.31. The molecule has 1 atom stereocenters. The minimum Gasteiger partial charge on any atom is -0.384 e. The van der Waals surface area contributed by atoms with Crippen molar-refractivity contribution in [2.45, 2.75) is 39.8 Å². The fourth-order valence-corrected chi connectivity index (χ4v) is 2.91. The molecule has 2 rings (SSSR count). The highest BCUT2D eigenvalue weighted by atomic mass is 16.5. The highest BCUT2D eigenvalue weighted by molar-refractivity contribution is 5.48. The van der Waals surface area contributed by atoms with Gasteiger partial charge >= 0.3 is 0 Å². The standard InChI is InChI=1S/C15H27N5O/c1-4-19(5-2)12-7-8-20(10-12)15-9-13(16)17-14(18-15)11-21-6-3/h9,12H,4-8,10-11H2,1-3H3,(H2,16,17,18). The lowest BCUT2D eigenvalue weighted by atomic mass is 10.2. The van der Waals surface area contributed by atoms with Crippen molar-refractivity contribution in [3.8, 4) is 0 Å². The third-order valence-electron chi connectivity index (χ3n) is 4.03. The topological polar surface area (TPSA) is 67.5 Å². The minimum atomic E-state index is 0.419. The molecule has 6 heteroatoms. The van der Waals surface area contributed by atoms with Gasteiger partial charge in [0.1, 0.15) is 18.2 Å². The molecule has 0 aromatic carbocycles. The van der Waals surface area contributed by atoms with E-state index in [9.17, 15) is 0 Å². The summed E-state index contributed by atoms with van der Waals surface area (Å²) in [5, 5.41) is 0. The van der Waals surface area contributed by atoms with Gasteiger partial charge in [0.2, 0.25) is 0 Å². The first-order valence-corrected chi connectivity index (χ1v) is 7.88. The van der Waals surface area contributed by atoms with Crippen LogP contribution < -0.4 is 10.6 Å². The predicted molar refractivity (Wildman–Crippen MR) is 85.3 cm³/mol. The van der Waals surface area contributed by atoms with Crippen molar-refractivity contribution < 1.29 is 4.74 Å². The van der Waals surface area contributed by atoms with Crippen molar-refractivity contribution in [1.29, 1.82) is 0 Å². The van der Waals surface area contributed by atoms with E-state index in [0.717, 1.165) is 32.0 Å². The molecule has 2 heterocycles. The fraction of sp³-hybridized carbons (Fsp3) is 0.733. The van der Waals surface area contributed by atoms with Crippen LogP contribution in [0.3, 0.4) is 0 Å². The Hall–Kier alpha value is -1.40. The maximum Gasteiger partial charge on any atom is 0.158 e. The van der Waals surface area contributed by atoms with E-state index >= 15 is 0 Å². The molecule has 1 aliphatic heterocycles. The van der Waals surface area contributed by atoms with E-state index in [2.05, 4.69) is 33.6 Å². The quantitative estimate of drug-likeness (QED) is 0.822. The van der Waals surface area contributed by atoms with Crippen molar-refractivity contribution in [2.24, 2.45) is 0 Å². The second kappa shape index (κ2) is 7.56. The zero-order valence-corrected chi connectivity index (χ0v) is 13.4. The van der Waals surface area contributed by atoms with Crippen LogP contribution in [0, 0.1) is 0 Å². The van der Waals surface area contributed by atoms with E-state index in [1.807, 2.05) is 13.0 Å². The summed E-state index contributed by atoms with van der Waals surface area (Å²) in [5.41, 5.74) is 5.90. The SMILES string of the molecule is CCOCc1nc(N)cc(N2CCC(N(CC)CC)C2)n1. The monoisotopic (exact) mass is 293 g/mol. The van der Waals surface area contributed by atoms with Crippen LogP contribution in [0.1, 0.15) is 33.0 Å². The second-order valence-electron chi connectivity index (χ2n) is 5.31. The molecule has 1 aromatic rings. The van der Waals surface area contributed by atoms with Gasteiger partial charge in [-0.2, -0.15) is 0 Å². The van der Waals surface area contributed by atoms with Crippen LogP contribution in [0.4, 0.5) is 11.6 Å². The zero-order valence-electron chi connectivity index (χ0n) is 13.4. The molecule has 0 radical (unpaired) electrons. The molecule has 0 saturated carbocycles. The average molecular weight is 293 g/mol. The van der Waals surface area contributed by atoms with Gasteiger partial charge in [-0.25, -0.2) is 9.97 Å². The van der Waals surface area contributed by atoms with Gasteiger partial charge in [0.15, 0.2) is 5.82 Å². The average Bonchev–Trinajstić information content (AvgIpc) is 2.96. The lowest BCUT2D eigenvalue weighted by molar-refractivity contribution is 0.128. The van der Waals surface area contributed by atoms with Crippen LogP contribution in [-0.2, 0) is 11.3 Å². The molecule has 2 N–H and O–H groups in total. The van der Waals surface area contributed by atoms with Crippen molar-refractivity contribution >= 4 is 11.6 Å². The largest absolute Gasteiger partial charge is 0.384 e. The molecule has 1 fully saturated rings. The summed E-state index contributed by atoms with van der Waals surface area (Å²) in [5.74, 6) is 2.10. The molecule has 1 aliphatic rings. The maximum absolute atomic E-state index is 5.90. The number of hydrogen-bond donors (Lipinski definition) is 1. The third-order valence-corrected chi connectivity index (χ3v) is 4.03. The summed E-state index contributed by atoms with van der Waals surface area (Å²) >= 11 is 0. The Morgan fingerprint density at radius 3 is 2.76 bits per heavy atom. The van der Waals surface area contributed by atoms with Crippen molar-refractivity contribution in [3.05, 3.63) is 11.9 Å². The number of nitrogens with zero attached hydrogens (tertiary/aromatic N) is 4. The Morgan fingerprint density at radius 1 is 1.33 bits per heavy atom. The molecular weight excluding hydrogens is 266 g/mol. The number of likely N-dealkylation sites (N-methyl/N-ethyl adjacent to an activating group) is 1. The summed E-state index contributed by atoms with van der Waals surface area (Å²) in [6.45, 7) is 11.7. The molecule has 0 amide bonds. The van der Waals surface area contributed by atoms with Crippen LogP contribution in [0.15, 0.2) is 6.07 Å². The Balaban J connectivity index is 2.06. The fourth-order valence-electron chi connectivity index (χ4n) is 2.91. The Bertz CT molecular complexity index is 450. The molecule has 0 aliphatic carbocycles. The van der Waals surface area contributed by atoms with E-state index < -0.39 is 0 Å². The molecule has 0 bridgehead atoms. The molecule has 1 saturated heterocycles. The smallest absolute Gasteiger partial charge is 0.158 e. The number of nitrogens with two attached hydrogens (primary N) is 1. The minimum absolute atomic E-state index is 0.419. The van der Waals surface area contributed by atoms with E-state index in [1.165, 1.54) is 6.42 Å². The first-order chi connectivity index (χ1) is 10.2. The summed E-state index contributed by atoms with van der Waals surface area (Å²) < 4.78 is 5.38. The van der Waals surface area contributed by atoms with Crippen LogP contribution in [0.2, 0.25) is 0 Å². The number of ether oxygens (including phenoxy) is 1. The first-order valence-electron chi connectivity index (χ1n) is 7.88. The highest BCUT2D eigenvalue weighted by Gasteiger charge is 2.27. The molecule has 1 aromatic heterocycles. The number of hydrogen-bond acceptors (Lipinski definition) is 6. The van der Waals surface area contributed by atoms with Gasteiger partial charge in [0, 0.05) is 31.8 Å². The van der Waals surface area contributed by atoms with Crippen molar-refractivity contribution in [3.63, 3.8) is 0 Å². The van der Waals surface area contributed by atoms with Gasteiger partial charge in [-0.3, -0.25) is 4.90 Å². The third kappa shape index (κ3) is 4.04. The first kappa shape index (κ1) is 16.0. The van der Waals surface area contributed by atoms with E-state index in [0.29, 0.717) is 30.9 Å². The number of aromatic nitrogens is 2. The summed E-state index contributed by atoms with van der Waals surface area (Å²) in [7, 11) is 0. The summed E-state index contributed by atoms with van der Waals surface area (Å²) in [4.78, 5) is 13.6. The predicted octanol–water partition coefficient (Wildman–Crippen LogP) is 1.52. The molecule has 118 valence electrons. The summed E-state index contributed by atoms with van der Waals surface area (Å²) in [6.07, 6.45) is 1.17. The summed E-state index contributed by atoms with van der Waals surface area (Å²) in [6, 6.07) is 2.46. The molecule has 1 unspecified atom stereocenters. The van der Waals surface area contributed by atoms with Crippen LogP contribution >= 0.6 is 0 Å². The van der Waals surface area contributed by atoms with Gasteiger partial charge in [0.05, 0.1) is 0 Å².